The Hall–Kier alpha value is -1.25. The summed E-state index contributed by atoms with van der Waals surface area (Å²) >= 11 is 0. The number of phosphoric ester groups is 1. The number of unbranched alkanes of at least 4 members (excludes halogenated alkanes) is 23. The van der Waals surface area contributed by atoms with E-state index in [0.717, 1.165) is 51.4 Å². The molecule has 3 N–H and O–H groups in total. The van der Waals surface area contributed by atoms with Crippen LogP contribution < -0.4 is 10.6 Å². The fourth-order valence-corrected chi connectivity index (χ4v) is 6.41. The van der Waals surface area contributed by atoms with Crippen LogP contribution in [0.2, 0.25) is 0 Å². The van der Waals surface area contributed by atoms with Crippen molar-refractivity contribution in [1.82, 2.24) is 0 Å². The number of carbonyl (C=O) groups excluding carboxylic acids is 2. The lowest BCUT2D eigenvalue weighted by atomic mass is 10.0. The van der Waals surface area contributed by atoms with Gasteiger partial charge in [0.1, 0.15) is 13.2 Å². The Labute approximate surface area is 300 Å². The highest BCUT2D eigenvalue weighted by atomic mass is 31.2. The van der Waals surface area contributed by atoms with Crippen LogP contribution in [0.5, 0.6) is 0 Å². The number of esters is 2. The zero-order valence-corrected chi connectivity index (χ0v) is 32.7. The summed E-state index contributed by atoms with van der Waals surface area (Å²) in [5.41, 5.74) is 3.55. The van der Waals surface area contributed by atoms with Crippen LogP contribution in [-0.4, -0.2) is 44.4 Å². The van der Waals surface area contributed by atoms with Crippen LogP contribution >= 0.6 is 7.82 Å². The van der Waals surface area contributed by atoms with Gasteiger partial charge in [-0.05, 0) is 38.5 Å². The summed E-state index contributed by atoms with van der Waals surface area (Å²) in [5.74, 6) is -0.849. The first kappa shape index (κ1) is 47.8. The molecule has 0 aliphatic carbocycles. The largest absolute Gasteiger partial charge is 0.756 e. The Kier molecular flexibility index (Phi) is 35.6. The number of quaternary nitrogens is 1. The van der Waals surface area contributed by atoms with Gasteiger partial charge in [0.05, 0.1) is 13.2 Å². The molecule has 2 atom stereocenters. The number of hydrogen-bond donors (Lipinski definition) is 1. The van der Waals surface area contributed by atoms with Crippen molar-refractivity contribution in [1.29, 1.82) is 0 Å². The van der Waals surface area contributed by atoms with Crippen molar-refractivity contribution < 1.29 is 43.3 Å². The predicted molar refractivity (Wildman–Crippen MR) is 198 cm³/mol. The Bertz CT molecular complexity index is 825. The molecular weight excluding hydrogens is 641 g/mol. The van der Waals surface area contributed by atoms with E-state index in [1.165, 1.54) is 109 Å². The molecule has 0 aliphatic heterocycles. The van der Waals surface area contributed by atoms with Crippen molar-refractivity contribution in [3.05, 3.63) is 12.2 Å². The zero-order valence-electron chi connectivity index (χ0n) is 31.8. The Balaban J connectivity index is 4.19. The summed E-state index contributed by atoms with van der Waals surface area (Å²) < 4.78 is 32.4. The van der Waals surface area contributed by atoms with Crippen LogP contribution in [0.25, 0.3) is 0 Å². The van der Waals surface area contributed by atoms with Crippen LogP contribution in [0.1, 0.15) is 194 Å². The Morgan fingerprint density at radius 3 is 1.45 bits per heavy atom. The molecule has 0 aromatic rings. The van der Waals surface area contributed by atoms with E-state index in [4.69, 9.17) is 18.5 Å². The molecule has 0 spiro atoms. The molecule has 10 heteroatoms. The van der Waals surface area contributed by atoms with E-state index >= 15 is 0 Å². The number of phosphoric acid groups is 1. The fourth-order valence-electron chi connectivity index (χ4n) is 5.63. The van der Waals surface area contributed by atoms with Crippen LogP contribution in [0.4, 0.5) is 0 Å². The average Bonchev–Trinajstić information content (AvgIpc) is 3.08. The quantitative estimate of drug-likeness (QED) is 0.0288. The first-order valence-corrected chi connectivity index (χ1v) is 21.7. The normalized spacial score (nSPS) is 13.5. The first-order chi connectivity index (χ1) is 23.8. The topological polar surface area (TPSA) is 139 Å². The van der Waals surface area contributed by atoms with Gasteiger partial charge in [0.2, 0.25) is 0 Å². The first-order valence-electron chi connectivity index (χ1n) is 20.2. The molecule has 0 fully saturated rings. The van der Waals surface area contributed by atoms with E-state index < -0.39 is 26.5 Å². The molecule has 0 aromatic carbocycles. The molecule has 9 nitrogen and oxygen atoms in total. The second-order valence-corrected chi connectivity index (χ2v) is 15.0. The molecule has 290 valence electrons. The van der Waals surface area contributed by atoms with Crippen LogP contribution in [0, 0.1) is 0 Å². The Morgan fingerprint density at radius 1 is 0.592 bits per heavy atom. The van der Waals surface area contributed by atoms with Gasteiger partial charge in [0, 0.05) is 12.8 Å². The van der Waals surface area contributed by atoms with Gasteiger partial charge in [-0.15, -0.1) is 0 Å². The van der Waals surface area contributed by atoms with E-state index in [0.29, 0.717) is 6.42 Å². The van der Waals surface area contributed by atoms with Gasteiger partial charge in [-0.25, -0.2) is 0 Å². The van der Waals surface area contributed by atoms with Crippen molar-refractivity contribution >= 4 is 19.8 Å². The molecule has 0 saturated carbocycles. The molecular formula is C39H76NO8P. The molecule has 49 heavy (non-hydrogen) atoms. The van der Waals surface area contributed by atoms with Crippen LogP contribution in [0.15, 0.2) is 12.2 Å². The molecule has 0 saturated heterocycles. The number of hydrogen-bond acceptors (Lipinski definition) is 8. The van der Waals surface area contributed by atoms with Crippen molar-refractivity contribution in [3.8, 4) is 0 Å². The second kappa shape index (κ2) is 36.5. The predicted octanol–water partition coefficient (Wildman–Crippen LogP) is 9.70. The van der Waals surface area contributed by atoms with E-state index in [-0.39, 0.29) is 38.6 Å². The minimum absolute atomic E-state index is 0.102. The lowest BCUT2D eigenvalue weighted by Gasteiger charge is -2.25. The van der Waals surface area contributed by atoms with Gasteiger partial charge in [0.25, 0.3) is 7.82 Å². The molecule has 0 radical (unpaired) electrons. The third-order valence-electron chi connectivity index (χ3n) is 8.67. The molecule has 0 heterocycles. The Morgan fingerprint density at radius 2 is 1.00 bits per heavy atom. The summed E-state index contributed by atoms with van der Waals surface area (Å²) in [4.78, 5) is 36.9. The highest BCUT2D eigenvalue weighted by Gasteiger charge is 2.21. The third kappa shape index (κ3) is 36.3. The minimum Gasteiger partial charge on any atom is -0.756 e. The number of allylic oxidation sites excluding steroid dienone is 2. The number of rotatable bonds is 38. The smallest absolute Gasteiger partial charge is 0.306 e. The van der Waals surface area contributed by atoms with Gasteiger partial charge >= 0.3 is 11.9 Å². The number of ether oxygens (including phenoxy) is 2. The second-order valence-electron chi connectivity index (χ2n) is 13.6. The monoisotopic (exact) mass is 718 g/mol. The maximum absolute atomic E-state index is 12.5. The van der Waals surface area contributed by atoms with Gasteiger partial charge in [-0.2, -0.15) is 0 Å². The van der Waals surface area contributed by atoms with Crippen LogP contribution in [-0.2, 0) is 32.7 Å². The van der Waals surface area contributed by atoms with Crippen molar-refractivity contribution in [2.75, 3.05) is 26.4 Å². The lowest BCUT2D eigenvalue weighted by molar-refractivity contribution is -0.373. The molecule has 0 bridgehead atoms. The van der Waals surface area contributed by atoms with Crippen LogP contribution in [0.3, 0.4) is 0 Å². The SMILES string of the molecule is CCCCCCCCC=CCCCCCCCC(=O)O[C@H](COC(=O)CCCCCCCCCCCCCCC)COP(=O)([O-])OCC[NH3+]. The van der Waals surface area contributed by atoms with E-state index in [1.54, 1.807) is 0 Å². The molecule has 0 aromatic heterocycles. The van der Waals surface area contributed by atoms with E-state index in [1.807, 2.05) is 0 Å². The van der Waals surface area contributed by atoms with Gasteiger partial charge < -0.3 is 29.1 Å². The summed E-state index contributed by atoms with van der Waals surface area (Å²) in [6, 6.07) is 0. The average molecular weight is 718 g/mol. The summed E-state index contributed by atoms with van der Waals surface area (Å²) in [7, 11) is -4.58. The molecule has 0 rings (SSSR count). The van der Waals surface area contributed by atoms with Gasteiger partial charge in [0.15, 0.2) is 6.10 Å². The zero-order chi connectivity index (χ0) is 36.1. The van der Waals surface area contributed by atoms with Crippen molar-refractivity contribution in [3.63, 3.8) is 0 Å². The van der Waals surface area contributed by atoms with Gasteiger partial charge in [-0.1, -0.05) is 154 Å². The highest BCUT2D eigenvalue weighted by molar-refractivity contribution is 7.45. The summed E-state index contributed by atoms with van der Waals surface area (Å²) in [6.07, 6.45) is 35.1. The maximum atomic E-state index is 12.5. The fraction of sp³-hybridized carbons (Fsp3) is 0.897. The third-order valence-corrected chi connectivity index (χ3v) is 9.63. The minimum atomic E-state index is -4.58. The highest BCUT2D eigenvalue weighted by Crippen LogP contribution is 2.38. The summed E-state index contributed by atoms with van der Waals surface area (Å²) in [5, 5.41) is 0. The molecule has 0 aliphatic rings. The van der Waals surface area contributed by atoms with E-state index in [9.17, 15) is 19.0 Å². The number of carbonyl (C=O) groups is 2. The van der Waals surface area contributed by atoms with E-state index in [2.05, 4.69) is 31.7 Å². The van der Waals surface area contributed by atoms with Crippen molar-refractivity contribution in [2.24, 2.45) is 0 Å². The lowest BCUT2D eigenvalue weighted by Crippen LogP contribution is -2.52. The molecule has 0 amide bonds. The summed E-state index contributed by atoms with van der Waals surface area (Å²) in [6.45, 7) is 3.93. The molecule has 1 unspecified atom stereocenters. The van der Waals surface area contributed by atoms with Gasteiger partial charge in [-0.3, -0.25) is 14.2 Å². The maximum Gasteiger partial charge on any atom is 0.306 e. The standard InChI is InChI=1S/C39H76NO8P/c1-3-5-7-9-11-13-15-17-18-20-22-24-26-28-30-32-39(42)48-37(36-47-49(43,44)46-34-33-40)35-45-38(41)31-29-27-25-23-21-19-16-14-12-10-8-6-4-2/h17-18,37H,3-16,19-36,40H2,1-2H3,(H,43,44)/t37-/m1/s1. The van der Waals surface area contributed by atoms with Crippen molar-refractivity contribution in [2.45, 2.75) is 200 Å².